The van der Waals surface area contributed by atoms with E-state index in [-0.39, 0.29) is 6.04 Å². The van der Waals surface area contributed by atoms with Crippen LogP contribution in [-0.4, -0.2) is 25.5 Å². The summed E-state index contributed by atoms with van der Waals surface area (Å²) in [5, 5.41) is 0. The highest BCUT2D eigenvalue weighted by atomic mass is 32.2. The Morgan fingerprint density at radius 2 is 1.90 bits per heavy atom. The lowest BCUT2D eigenvalue weighted by atomic mass is 10.2. The molecule has 0 saturated heterocycles. The molecule has 0 aromatic heterocycles. The molecule has 0 radical (unpaired) electrons. The molecule has 0 heterocycles. The van der Waals surface area contributed by atoms with E-state index >= 15 is 0 Å². The summed E-state index contributed by atoms with van der Waals surface area (Å²) in [6.07, 6.45) is 2.75. The zero-order valence-electron chi connectivity index (χ0n) is 6.29. The standard InChI is InChI=1S/C6H13NO2S/c1-5(7)6(3-4-6)10(2,8)9/h5H,3-4,7H2,1-2H3. The van der Waals surface area contributed by atoms with Crippen molar-refractivity contribution in [3.63, 3.8) is 0 Å². The SMILES string of the molecule is CC(N)C1(S(C)(=O)=O)CC1. The molecule has 0 aliphatic heterocycles. The minimum Gasteiger partial charge on any atom is -0.327 e. The van der Waals surface area contributed by atoms with Crippen LogP contribution < -0.4 is 5.73 Å². The lowest BCUT2D eigenvalue weighted by Crippen LogP contribution is -2.39. The Hall–Kier alpha value is -0.0900. The summed E-state index contributed by atoms with van der Waals surface area (Å²) >= 11 is 0. The van der Waals surface area contributed by atoms with Gasteiger partial charge in [-0.2, -0.15) is 0 Å². The van der Waals surface area contributed by atoms with Crippen molar-refractivity contribution in [3.05, 3.63) is 0 Å². The molecular formula is C6H13NO2S. The van der Waals surface area contributed by atoms with Crippen molar-refractivity contribution in [2.24, 2.45) is 5.73 Å². The van der Waals surface area contributed by atoms with Crippen molar-refractivity contribution >= 4 is 9.84 Å². The van der Waals surface area contributed by atoms with Crippen LogP contribution in [0.25, 0.3) is 0 Å². The van der Waals surface area contributed by atoms with Gasteiger partial charge in [0.25, 0.3) is 0 Å². The fourth-order valence-electron chi connectivity index (χ4n) is 1.29. The van der Waals surface area contributed by atoms with E-state index < -0.39 is 14.6 Å². The first-order valence-corrected chi connectivity index (χ1v) is 5.24. The van der Waals surface area contributed by atoms with Gasteiger partial charge in [0.2, 0.25) is 0 Å². The second kappa shape index (κ2) is 1.95. The fourth-order valence-corrected chi connectivity index (χ4v) is 2.81. The highest BCUT2D eigenvalue weighted by Gasteiger charge is 2.54. The number of hydrogen-bond donors (Lipinski definition) is 1. The molecule has 0 spiro atoms. The van der Waals surface area contributed by atoms with Gasteiger partial charge in [-0.05, 0) is 19.8 Å². The van der Waals surface area contributed by atoms with E-state index in [9.17, 15) is 8.42 Å². The van der Waals surface area contributed by atoms with Crippen LogP contribution in [0.15, 0.2) is 0 Å². The Bertz CT molecular complexity index is 226. The lowest BCUT2D eigenvalue weighted by Gasteiger charge is -2.16. The molecule has 2 N–H and O–H groups in total. The molecular weight excluding hydrogens is 150 g/mol. The zero-order valence-corrected chi connectivity index (χ0v) is 7.11. The van der Waals surface area contributed by atoms with Gasteiger partial charge >= 0.3 is 0 Å². The van der Waals surface area contributed by atoms with E-state index in [1.807, 2.05) is 0 Å². The number of nitrogens with two attached hydrogens (primary N) is 1. The maximum absolute atomic E-state index is 11.1. The molecule has 10 heavy (non-hydrogen) atoms. The molecule has 0 amide bonds. The van der Waals surface area contributed by atoms with E-state index in [1.54, 1.807) is 6.92 Å². The van der Waals surface area contributed by atoms with Gasteiger partial charge in [0, 0.05) is 12.3 Å². The quantitative estimate of drug-likeness (QED) is 0.619. The largest absolute Gasteiger partial charge is 0.327 e. The summed E-state index contributed by atoms with van der Waals surface area (Å²) < 4.78 is 21.6. The van der Waals surface area contributed by atoms with Crippen LogP contribution in [0.3, 0.4) is 0 Å². The van der Waals surface area contributed by atoms with Crippen molar-refractivity contribution in [3.8, 4) is 0 Å². The monoisotopic (exact) mass is 163 g/mol. The summed E-state index contributed by atoms with van der Waals surface area (Å²) in [4.78, 5) is 0. The molecule has 1 aliphatic rings. The molecule has 0 aromatic rings. The Morgan fingerprint density at radius 1 is 1.50 bits per heavy atom. The van der Waals surface area contributed by atoms with Crippen molar-refractivity contribution in [1.82, 2.24) is 0 Å². The van der Waals surface area contributed by atoms with Crippen LogP contribution in [0.1, 0.15) is 19.8 Å². The molecule has 60 valence electrons. The van der Waals surface area contributed by atoms with E-state index in [1.165, 1.54) is 6.26 Å². The lowest BCUT2D eigenvalue weighted by molar-refractivity contribution is 0.560. The highest BCUT2D eigenvalue weighted by molar-refractivity contribution is 7.92. The zero-order chi connectivity index (χ0) is 7.99. The van der Waals surface area contributed by atoms with Crippen LogP contribution >= 0.6 is 0 Å². The summed E-state index contributed by atoms with van der Waals surface area (Å²) in [6.45, 7) is 1.76. The van der Waals surface area contributed by atoms with Crippen molar-refractivity contribution in [2.75, 3.05) is 6.26 Å². The van der Waals surface area contributed by atoms with Crippen LogP contribution in [0.2, 0.25) is 0 Å². The number of hydrogen-bond acceptors (Lipinski definition) is 3. The molecule has 1 saturated carbocycles. The molecule has 0 bridgehead atoms. The molecule has 1 atom stereocenters. The van der Waals surface area contributed by atoms with Gasteiger partial charge in [0.15, 0.2) is 9.84 Å². The molecule has 3 nitrogen and oxygen atoms in total. The summed E-state index contributed by atoms with van der Waals surface area (Å²) in [5.74, 6) is 0. The third kappa shape index (κ3) is 0.953. The van der Waals surface area contributed by atoms with E-state index in [0.717, 1.165) is 12.8 Å². The van der Waals surface area contributed by atoms with Gasteiger partial charge in [0.1, 0.15) is 0 Å². The van der Waals surface area contributed by atoms with Gasteiger partial charge in [-0.1, -0.05) is 0 Å². The van der Waals surface area contributed by atoms with Crippen LogP contribution in [0.5, 0.6) is 0 Å². The number of rotatable bonds is 2. The van der Waals surface area contributed by atoms with Gasteiger partial charge in [0.05, 0.1) is 4.75 Å². The molecule has 1 aliphatic carbocycles. The molecule has 4 heteroatoms. The predicted molar refractivity (Wildman–Crippen MR) is 40.5 cm³/mol. The third-order valence-corrected chi connectivity index (χ3v) is 4.57. The molecule has 0 aromatic carbocycles. The maximum Gasteiger partial charge on any atom is 0.154 e. The fraction of sp³-hybridized carbons (Fsp3) is 1.00. The first kappa shape index (κ1) is 8.01. The van der Waals surface area contributed by atoms with E-state index in [2.05, 4.69) is 0 Å². The Labute approximate surface area is 61.5 Å². The first-order valence-electron chi connectivity index (χ1n) is 3.35. The average Bonchev–Trinajstić information content (AvgIpc) is 2.36. The maximum atomic E-state index is 11.1. The van der Waals surface area contributed by atoms with E-state index in [4.69, 9.17) is 5.73 Å². The highest BCUT2D eigenvalue weighted by Crippen LogP contribution is 2.45. The van der Waals surface area contributed by atoms with Gasteiger partial charge in [-0.25, -0.2) is 8.42 Å². The van der Waals surface area contributed by atoms with Crippen molar-refractivity contribution in [2.45, 2.75) is 30.6 Å². The minimum absolute atomic E-state index is 0.220. The molecule has 1 fully saturated rings. The van der Waals surface area contributed by atoms with Crippen molar-refractivity contribution < 1.29 is 8.42 Å². The van der Waals surface area contributed by atoms with Crippen LogP contribution in [0, 0.1) is 0 Å². The second-order valence-corrected chi connectivity index (χ2v) is 5.48. The van der Waals surface area contributed by atoms with Crippen LogP contribution in [0.4, 0.5) is 0 Å². The van der Waals surface area contributed by atoms with E-state index in [0.29, 0.717) is 0 Å². The van der Waals surface area contributed by atoms with Crippen molar-refractivity contribution in [1.29, 1.82) is 0 Å². The third-order valence-electron chi connectivity index (χ3n) is 2.31. The summed E-state index contributed by atoms with van der Waals surface area (Å²) in [7, 11) is -2.92. The predicted octanol–water partition coefficient (Wildman–Crippen LogP) is -0.0892. The van der Waals surface area contributed by atoms with Gasteiger partial charge in [-0.15, -0.1) is 0 Å². The Morgan fingerprint density at radius 3 is 1.90 bits per heavy atom. The minimum atomic E-state index is -2.92. The van der Waals surface area contributed by atoms with Gasteiger partial charge < -0.3 is 5.73 Å². The topological polar surface area (TPSA) is 60.2 Å². The molecule has 1 rings (SSSR count). The first-order chi connectivity index (χ1) is 4.40. The number of sulfone groups is 1. The van der Waals surface area contributed by atoms with Gasteiger partial charge in [-0.3, -0.25) is 0 Å². The average molecular weight is 163 g/mol. The Balaban J connectivity index is 2.91. The molecule has 1 unspecified atom stereocenters. The summed E-state index contributed by atoms with van der Waals surface area (Å²) in [5.41, 5.74) is 5.54. The Kier molecular flexibility index (Phi) is 1.56. The smallest absolute Gasteiger partial charge is 0.154 e. The summed E-state index contributed by atoms with van der Waals surface area (Å²) in [6, 6.07) is -0.220. The normalized spacial score (nSPS) is 25.9. The van der Waals surface area contributed by atoms with Crippen LogP contribution in [-0.2, 0) is 9.84 Å². The second-order valence-electron chi connectivity index (χ2n) is 3.13.